The van der Waals surface area contributed by atoms with Crippen molar-refractivity contribution in [1.82, 2.24) is 14.7 Å². The van der Waals surface area contributed by atoms with Gasteiger partial charge in [-0.2, -0.15) is 16.4 Å². The lowest BCUT2D eigenvalue weighted by atomic mass is 10.1. The van der Waals surface area contributed by atoms with Gasteiger partial charge in [0.2, 0.25) is 0 Å². The summed E-state index contributed by atoms with van der Waals surface area (Å²) in [6, 6.07) is 1.91. The van der Waals surface area contributed by atoms with Crippen molar-refractivity contribution in [3.8, 4) is 5.75 Å². The molecule has 2 heterocycles. The number of aromatic nitrogens is 2. The molecule has 1 atom stereocenters. The van der Waals surface area contributed by atoms with E-state index in [9.17, 15) is 5.11 Å². The van der Waals surface area contributed by atoms with Gasteiger partial charge in [0.15, 0.2) is 5.75 Å². The van der Waals surface area contributed by atoms with Crippen LogP contribution in [0.15, 0.2) is 23.0 Å². The zero-order valence-corrected chi connectivity index (χ0v) is 12.2. The molecule has 1 N–H and O–H groups in total. The summed E-state index contributed by atoms with van der Waals surface area (Å²) in [5.41, 5.74) is 1.58. The molecule has 0 amide bonds. The molecule has 0 aliphatic carbocycles. The van der Waals surface area contributed by atoms with Crippen molar-refractivity contribution in [1.29, 1.82) is 0 Å². The highest BCUT2D eigenvalue weighted by Crippen LogP contribution is 2.30. The van der Waals surface area contributed by atoms with Crippen molar-refractivity contribution >= 4 is 11.3 Å². The second kappa shape index (κ2) is 6.18. The Morgan fingerprint density at radius 1 is 1.53 bits per heavy atom. The summed E-state index contributed by atoms with van der Waals surface area (Å²) in [6.45, 7) is 1.57. The molecule has 104 valence electrons. The smallest absolute Gasteiger partial charge is 0.163 e. The molecule has 6 heteroatoms. The van der Waals surface area contributed by atoms with Crippen LogP contribution in [-0.2, 0) is 6.54 Å². The fourth-order valence-corrected chi connectivity index (χ4v) is 2.55. The number of likely N-dealkylation sites (N-methyl/N-ethyl adjacent to an activating group) is 1. The topological polar surface area (TPSA) is 50.5 Å². The molecule has 0 radical (unpaired) electrons. The van der Waals surface area contributed by atoms with Crippen LogP contribution in [0, 0.1) is 0 Å². The van der Waals surface area contributed by atoms with E-state index in [1.807, 2.05) is 30.9 Å². The Kier molecular flexibility index (Phi) is 4.57. The highest BCUT2D eigenvalue weighted by Gasteiger charge is 2.21. The summed E-state index contributed by atoms with van der Waals surface area (Å²) in [6.07, 6.45) is 0.950. The molecule has 0 fully saturated rings. The van der Waals surface area contributed by atoms with Gasteiger partial charge in [0.25, 0.3) is 0 Å². The molecule has 0 spiro atoms. The van der Waals surface area contributed by atoms with E-state index >= 15 is 0 Å². The zero-order chi connectivity index (χ0) is 13.8. The van der Waals surface area contributed by atoms with E-state index in [0.717, 1.165) is 12.1 Å². The first-order chi connectivity index (χ1) is 9.13. The fourth-order valence-electron chi connectivity index (χ4n) is 1.87. The lowest BCUT2D eigenvalue weighted by molar-refractivity contribution is 0.200. The first-order valence-corrected chi connectivity index (χ1v) is 7.02. The van der Waals surface area contributed by atoms with Crippen LogP contribution in [0.25, 0.3) is 0 Å². The van der Waals surface area contributed by atoms with Gasteiger partial charge in [-0.25, -0.2) is 0 Å². The number of aliphatic hydroxyl groups is 1. The first kappa shape index (κ1) is 14.0. The maximum Gasteiger partial charge on any atom is 0.163 e. The molecule has 19 heavy (non-hydrogen) atoms. The molecule has 5 nitrogen and oxygen atoms in total. The number of thiophene rings is 1. The van der Waals surface area contributed by atoms with Crippen LogP contribution < -0.4 is 4.74 Å². The number of hydrogen-bond donors (Lipinski definition) is 1. The van der Waals surface area contributed by atoms with Gasteiger partial charge in [-0.05, 0) is 36.5 Å². The SMILES string of the molecule is COc1cnn(CCN(C)C)c1C(O)c1ccsc1. The summed E-state index contributed by atoms with van der Waals surface area (Å²) in [7, 11) is 5.61. The number of methoxy groups -OCH3 is 1. The van der Waals surface area contributed by atoms with Gasteiger partial charge in [-0.15, -0.1) is 0 Å². The molecular formula is C13H19N3O2S. The Bertz CT molecular complexity index is 508. The maximum atomic E-state index is 10.5. The molecule has 0 aliphatic rings. The number of nitrogens with zero attached hydrogens (tertiary/aromatic N) is 3. The quantitative estimate of drug-likeness (QED) is 0.874. The average molecular weight is 281 g/mol. The minimum Gasteiger partial charge on any atom is -0.493 e. The Hall–Kier alpha value is -1.37. The van der Waals surface area contributed by atoms with Crippen LogP contribution >= 0.6 is 11.3 Å². The van der Waals surface area contributed by atoms with Crippen molar-refractivity contribution in [2.75, 3.05) is 27.7 Å². The van der Waals surface area contributed by atoms with Crippen LogP contribution in [0.4, 0.5) is 0 Å². The van der Waals surface area contributed by atoms with E-state index < -0.39 is 6.10 Å². The molecule has 0 aromatic carbocycles. The molecule has 1 unspecified atom stereocenters. The predicted octanol–water partition coefficient (Wildman–Crippen LogP) is 1.60. The van der Waals surface area contributed by atoms with Gasteiger partial charge in [-0.3, -0.25) is 4.68 Å². The molecule has 0 saturated heterocycles. The molecule has 2 rings (SSSR count). The minimum absolute atomic E-state index is 0.623. The third-order valence-corrected chi connectivity index (χ3v) is 3.64. The first-order valence-electron chi connectivity index (χ1n) is 6.08. The molecule has 0 aliphatic heterocycles. The molecular weight excluding hydrogens is 262 g/mol. The largest absolute Gasteiger partial charge is 0.493 e. The van der Waals surface area contributed by atoms with Gasteiger partial charge < -0.3 is 14.7 Å². The number of rotatable bonds is 6. The van der Waals surface area contributed by atoms with Crippen molar-refractivity contribution in [3.63, 3.8) is 0 Å². The second-order valence-electron chi connectivity index (χ2n) is 4.58. The van der Waals surface area contributed by atoms with Crippen molar-refractivity contribution in [3.05, 3.63) is 34.3 Å². The van der Waals surface area contributed by atoms with E-state index in [4.69, 9.17) is 4.74 Å². The minimum atomic E-state index is -0.703. The lowest BCUT2D eigenvalue weighted by Crippen LogP contribution is -2.21. The lowest BCUT2D eigenvalue weighted by Gasteiger charge is -2.16. The van der Waals surface area contributed by atoms with Gasteiger partial charge in [0.1, 0.15) is 11.8 Å². The summed E-state index contributed by atoms with van der Waals surface area (Å²) in [5.74, 6) is 0.623. The summed E-state index contributed by atoms with van der Waals surface area (Å²) >= 11 is 1.56. The van der Waals surface area contributed by atoms with Gasteiger partial charge in [0.05, 0.1) is 19.9 Å². The third kappa shape index (κ3) is 3.15. The maximum absolute atomic E-state index is 10.5. The molecule has 2 aromatic heterocycles. The molecule has 0 saturated carbocycles. The Morgan fingerprint density at radius 2 is 2.32 bits per heavy atom. The number of aliphatic hydroxyl groups excluding tert-OH is 1. The van der Waals surface area contributed by atoms with Crippen LogP contribution in [0.2, 0.25) is 0 Å². The standard InChI is InChI=1S/C13H19N3O2S/c1-15(2)5-6-16-12(11(18-3)8-14-16)13(17)10-4-7-19-9-10/h4,7-9,13,17H,5-6H2,1-3H3. The predicted molar refractivity (Wildman–Crippen MR) is 75.7 cm³/mol. The summed E-state index contributed by atoms with van der Waals surface area (Å²) in [4.78, 5) is 2.08. The van der Waals surface area contributed by atoms with Gasteiger partial charge >= 0.3 is 0 Å². The van der Waals surface area contributed by atoms with Crippen LogP contribution in [0.1, 0.15) is 17.4 Å². The van der Waals surface area contributed by atoms with Crippen molar-refractivity contribution in [2.45, 2.75) is 12.6 Å². The Balaban J connectivity index is 2.28. The average Bonchev–Trinajstić information content (AvgIpc) is 3.04. The fraction of sp³-hybridized carbons (Fsp3) is 0.462. The van der Waals surface area contributed by atoms with Crippen molar-refractivity contribution in [2.24, 2.45) is 0 Å². The van der Waals surface area contributed by atoms with Gasteiger partial charge in [-0.1, -0.05) is 0 Å². The van der Waals surface area contributed by atoms with E-state index in [1.54, 1.807) is 29.3 Å². The monoisotopic (exact) mass is 281 g/mol. The van der Waals surface area contributed by atoms with Crippen LogP contribution in [-0.4, -0.2) is 47.5 Å². The Labute approximate surface area is 117 Å². The van der Waals surface area contributed by atoms with Crippen molar-refractivity contribution < 1.29 is 9.84 Å². The second-order valence-corrected chi connectivity index (χ2v) is 5.36. The van der Waals surface area contributed by atoms with E-state index in [-0.39, 0.29) is 0 Å². The normalized spacial score (nSPS) is 12.9. The third-order valence-electron chi connectivity index (χ3n) is 2.94. The van der Waals surface area contributed by atoms with E-state index in [2.05, 4.69) is 10.00 Å². The highest BCUT2D eigenvalue weighted by molar-refractivity contribution is 7.07. The zero-order valence-electron chi connectivity index (χ0n) is 11.4. The number of hydrogen-bond acceptors (Lipinski definition) is 5. The highest BCUT2D eigenvalue weighted by atomic mass is 32.1. The van der Waals surface area contributed by atoms with Crippen LogP contribution in [0.3, 0.4) is 0 Å². The van der Waals surface area contributed by atoms with E-state index in [1.165, 1.54) is 0 Å². The van der Waals surface area contributed by atoms with Gasteiger partial charge in [0, 0.05) is 6.54 Å². The molecule has 0 bridgehead atoms. The molecule has 2 aromatic rings. The van der Waals surface area contributed by atoms with E-state index in [0.29, 0.717) is 18.0 Å². The number of ether oxygens (including phenoxy) is 1. The Morgan fingerprint density at radius 3 is 2.89 bits per heavy atom. The van der Waals surface area contributed by atoms with Crippen LogP contribution in [0.5, 0.6) is 5.75 Å². The summed E-state index contributed by atoms with van der Waals surface area (Å²) in [5, 5.41) is 18.7. The summed E-state index contributed by atoms with van der Waals surface area (Å²) < 4.78 is 7.11.